The Labute approximate surface area is 124 Å². The number of carbonyl (C=O) groups is 1. The molecule has 0 bridgehead atoms. The van der Waals surface area contributed by atoms with Gasteiger partial charge in [-0.3, -0.25) is 9.69 Å². The molecule has 1 amide bonds. The van der Waals surface area contributed by atoms with Crippen LogP contribution in [-0.2, 0) is 4.79 Å². The summed E-state index contributed by atoms with van der Waals surface area (Å²) in [6.45, 7) is 2.97. The molecule has 112 valence electrons. The van der Waals surface area contributed by atoms with Crippen molar-refractivity contribution in [2.75, 3.05) is 33.4 Å². The molecule has 0 radical (unpaired) electrons. The molecular weight excluding hydrogens is 280 g/mol. The monoisotopic (exact) mass is 300 g/mol. The summed E-state index contributed by atoms with van der Waals surface area (Å²) < 4.78 is 5.46. The average molecular weight is 301 g/mol. The van der Waals surface area contributed by atoms with Crippen LogP contribution in [0.4, 0.5) is 0 Å². The lowest BCUT2D eigenvalue weighted by molar-refractivity contribution is -0.122. The molecule has 0 aliphatic rings. The average Bonchev–Trinajstić information content (AvgIpc) is 2.44. The number of carbonyl (C=O) groups excluding carboxylic acids is 1. The van der Waals surface area contributed by atoms with E-state index in [1.54, 1.807) is 36.2 Å². The zero-order valence-electron chi connectivity index (χ0n) is 11.8. The number of hydrogen-bond donors (Lipinski definition) is 2. The molecule has 0 saturated heterocycles. The van der Waals surface area contributed by atoms with Crippen molar-refractivity contribution in [3.05, 3.63) is 29.3 Å². The summed E-state index contributed by atoms with van der Waals surface area (Å²) in [5, 5.41) is 12.4. The second-order valence-corrected chi connectivity index (χ2v) is 5.04. The van der Waals surface area contributed by atoms with Crippen LogP contribution in [0.2, 0.25) is 5.02 Å². The molecule has 1 unspecified atom stereocenters. The van der Waals surface area contributed by atoms with E-state index in [2.05, 4.69) is 5.32 Å². The highest BCUT2D eigenvalue weighted by Crippen LogP contribution is 2.14. The molecule has 0 heterocycles. The summed E-state index contributed by atoms with van der Waals surface area (Å²) in [6.07, 6.45) is 0. The summed E-state index contributed by atoms with van der Waals surface area (Å²) in [4.78, 5) is 13.4. The number of rotatable bonds is 8. The lowest BCUT2D eigenvalue weighted by atomic mass is 10.3. The van der Waals surface area contributed by atoms with Gasteiger partial charge in [-0.15, -0.1) is 0 Å². The quantitative estimate of drug-likeness (QED) is 0.707. The molecule has 1 atom stereocenters. The molecule has 5 nitrogen and oxygen atoms in total. The number of amides is 1. The number of aliphatic hydroxyl groups is 1. The van der Waals surface area contributed by atoms with Crippen LogP contribution < -0.4 is 10.1 Å². The number of benzene rings is 1. The fraction of sp³-hybridized carbons (Fsp3) is 0.500. The molecular formula is C14H21ClN2O3. The molecule has 1 aromatic carbocycles. The molecule has 1 aromatic rings. The Hall–Kier alpha value is -1.30. The molecule has 0 fully saturated rings. The maximum absolute atomic E-state index is 11.6. The lowest BCUT2D eigenvalue weighted by Crippen LogP contribution is -2.41. The Morgan fingerprint density at radius 1 is 1.45 bits per heavy atom. The summed E-state index contributed by atoms with van der Waals surface area (Å²) in [7, 11) is 1.80. The van der Waals surface area contributed by atoms with Crippen molar-refractivity contribution >= 4 is 17.5 Å². The summed E-state index contributed by atoms with van der Waals surface area (Å²) in [5.41, 5.74) is 0. The Morgan fingerprint density at radius 2 is 2.10 bits per heavy atom. The predicted octanol–water partition coefficient (Wildman–Crippen LogP) is 1.15. The van der Waals surface area contributed by atoms with E-state index in [4.69, 9.17) is 21.4 Å². The number of aliphatic hydroxyl groups excluding tert-OH is 1. The molecule has 2 N–H and O–H groups in total. The van der Waals surface area contributed by atoms with Crippen LogP contribution in [0.1, 0.15) is 6.92 Å². The van der Waals surface area contributed by atoms with Crippen LogP contribution in [0.3, 0.4) is 0 Å². The maximum atomic E-state index is 11.6. The van der Waals surface area contributed by atoms with E-state index in [1.165, 1.54) is 0 Å². The van der Waals surface area contributed by atoms with Crippen LogP contribution in [-0.4, -0.2) is 55.3 Å². The normalized spacial score (nSPS) is 12.2. The van der Waals surface area contributed by atoms with Gasteiger partial charge in [0.25, 0.3) is 0 Å². The molecule has 1 rings (SSSR count). The fourth-order valence-corrected chi connectivity index (χ4v) is 1.59. The van der Waals surface area contributed by atoms with E-state index in [1.807, 2.05) is 6.92 Å². The van der Waals surface area contributed by atoms with Crippen LogP contribution >= 0.6 is 11.6 Å². The predicted molar refractivity (Wildman–Crippen MR) is 79.1 cm³/mol. The van der Waals surface area contributed by atoms with Crippen molar-refractivity contribution in [3.8, 4) is 5.75 Å². The summed E-state index contributed by atoms with van der Waals surface area (Å²) >= 11 is 5.77. The highest BCUT2D eigenvalue weighted by Gasteiger charge is 2.11. The number of halogens is 1. The van der Waals surface area contributed by atoms with E-state index in [-0.39, 0.29) is 25.1 Å². The topological polar surface area (TPSA) is 61.8 Å². The number of ether oxygens (including phenoxy) is 1. The third-order valence-electron chi connectivity index (χ3n) is 2.92. The Kier molecular flexibility index (Phi) is 7.36. The van der Waals surface area contributed by atoms with Gasteiger partial charge >= 0.3 is 0 Å². The molecule has 6 heteroatoms. The van der Waals surface area contributed by atoms with E-state index in [9.17, 15) is 4.79 Å². The van der Waals surface area contributed by atoms with Gasteiger partial charge in [0, 0.05) is 11.1 Å². The van der Waals surface area contributed by atoms with Gasteiger partial charge in [-0.2, -0.15) is 0 Å². The largest absolute Gasteiger partial charge is 0.492 e. The third-order valence-corrected chi connectivity index (χ3v) is 3.17. The molecule has 0 aliphatic carbocycles. The highest BCUT2D eigenvalue weighted by molar-refractivity contribution is 6.30. The first-order valence-electron chi connectivity index (χ1n) is 6.49. The fourth-order valence-electron chi connectivity index (χ4n) is 1.47. The van der Waals surface area contributed by atoms with Crippen LogP contribution in [0.25, 0.3) is 0 Å². The van der Waals surface area contributed by atoms with E-state index in [0.717, 1.165) is 5.75 Å². The third kappa shape index (κ3) is 6.23. The molecule has 0 aliphatic heterocycles. The highest BCUT2D eigenvalue weighted by atomic mass is 35.5. The minimum atomic E-state index is -0.0903. The van der Waals surface area contributed by atoms with E-state index < -0.39 is 0 Å². The van der Waals surface area contributed by atoms with Gasteiger partial charge in [0.2, 0.25) is 5.91 Å². The van der Waals surface area contributed by atoms with Gasteiger partial charge in [-0.05, 0) is 38.2 Å². The zero-order valence-corrected chi connectivity index (χ0v) is 12.6. The number of nitrogens with zero attached hydrogens (tertiary/aromatic N) is 1. The molecule has 20 heavy (non-hydrogen) atoms. The van der Waals surface area contributed by atoms with Crippen molar-refractivity contribution in [1.82, 2.24) is 10.2 Å². The number of nitrogens with one attached hydrogen (secondary N) is 1. The molecule has 0 aromatic heterocycles. The van der Waals surface area contributed by atoms with Gasteiger partial charge in [-0.1, -0.05) is 11.6 Å². The maximum Gasteiger partial charge on any atom is 0.234 e. The van der Waals surface area contributed by atoms with Crippen LogP contribution in [0, 0.1) is 0 Å². The van der Waals surface area contributed by atoms with E-state index in [0.29, 0.717) is 18.2 Å². The van der Waals surface area contributed by atoms with Crippen molar-refractivity contribution < 1.29 is 14.6 Å². The van der Waals surface area contributed by atoms with E-state index >= 15 is 0 Å². The van der Waals surface area contributed by atoms with Gasteiger partial charge in [0.15, 0.2) is 0 Å². The molecule has 0 saturated carbocycles. The smallest absolute Gasteiger partial charge is 0.234 e. The summed E-state index contributed by atoms with van der Waals surface area (Å²) in [6, 6.07) is 7.02. The number of likely N-dealkylation sites (N-methyl/N-ethyl adjacent to an activating group) is 1. The first kappa shape index (κ1) is 16.8. The Bertz CT molecular complexity index is 411. The van der Waals surface area contributed by atoms with Gasteiger partial charge in [-0.25, -0.2) is 0 Å². The van der Waals surface area contributed by atoms with Gasteiger partial charge in [0.1, 0.15) is 12.4 Å². The SMILES string of the molecule is CC(CO)N(C)CC(=O)NCCOc1ccc(Cl)cc1. The lowest BCUT2D eigenvalue weighted by Gasteiger charge is -2.21. The van der Waals surface area contributed by atoms with Crippen molar-refractivity contribution in [3.63, 3.8) is 0 Å². The summed E-state index contributed by atoms with van der Waals surface area (Å²) in [5.74, 6) is 0.627. The standard InChI is InChI=1S/C14H21ClN2O3/c1-11(10-18)17(2)9-14(19)16-7-8-20-13-5-3-12(15)4-6-13/h3-6,11,18H,7-10H2,1-2H3,(H,16,19). The first-order valence-corrected chi connectivity index (χ1v) is 6.87. The number of hydrogen-bond acceptors (Lipinski definition) is 4. The van der Waals surface area contributed by atoms with Crippen molar-refractivity contribution in [2.45, 2.75) is 13.0 Å². The minimum absolute atomic E-state index is 0.0312. The van der Waals surface area contributed by atoms with Crippen LogP contribution in [0.5, 0.6) is 5.75 Å². The van der Waals surface area contributed by atoms with Gasteiger partial charge in [0.05, 0.1) is 19.7 Å². The first-order chi connectivity index (χ1) is 9.52. The zero-order chi connectivity index (χ0) is 15.0. The van der Waals surface area contributed by atoms with Gasteiger partial charge < -0.3 is 15.2 Å². The second-order valence-electron chi connectivity index (χ2n) is 4.60. The Morgan fingerprint density at radius 3 is 2.70 bits per heavy atom. The minimum Gasteiger partial charge on any atom is -0.492 e. The van der Waals surface area contributed by atoms with Crippen LogP contribution in [0.15, 0.2) is 24.3 Å². The second kappa shape index (κ2) is 8.79. The van der Waals surface area contributed by atoms with Crippen molar-refractivity contribution in [2.24, 2.45) is 0 Å². The Balaban J connectivity index is 2.17. The van der Waals surface area contributed by atoms with Crippen molar-refractivity contribution in [1.29, 1.82) is 0 Å². The molecule has 0 spiro atoms.